The highest BCUT2D eigenvalue weighted by molar-refractivity contribution is 9.10. The summed E-state index contributed by atoms with van der Waals surface area (Å²) in [6.07, 6.45) is -0.460. The van der Waals surface area contributed by atoms with Gasteiger partial charge in [0.05, 0.1) is 11.8 Å². The van der Waals surface area contributed by atoms with E-state index in [1.54, 1.807) is 12.1 Å². The molecule has 1 N–H and O–H groups in total. The molecule has 1 heterocycles. The number of hydrogen-bond acceptors (Lipinski definition) is 2. The van der Waals surface area contributed by atoms with Gasteiger partial charge in [0.2, 0.25) is 5.91 Å². The average molecular weight is 360 g/mol. The van der Waals surface area contributed by atoms with Gasteiger partial charge in [-0.2, -0.15) is 13.2 Å². The molecule has 1 amide bonds. The van der Waals surface area contributed by atoms with Gasteiger partial charge in [0.25, 0.3) is 0 Å². The van der Waals surface area contributed by atoms with Crippen LogP contribution in [-0.4, -0.2) is 5.91 Å². The third kappa shape index (κ3) is 4.22. The summed E-state index contributed by atoms with van der Waals surface area (Å²) in [7, 11) is 0. The van der Waals surface area contributed by atoms with Crippen molar-refractivity contribution >= 4 is 33.6 Å². The molecule has 0 aliphatic rings. The third-order valence-corrected chi connectivity index (χ3v) is 3.17. The first-order chi connectivity index (χ1) is 9.86. The highest BCUT2D eigenvalue weighted by Crippen LogP contribution is 2.36. The normalized spacial score (nSPS) is 11.8. The molecule has 0 fully saturated rings. The summed E-state index contributed by atoms with van der Waals surface area (Å²) >= 11 is 2.83. The lowest BCUT2D eigenvalue weighted by Gasteiger charge is -2.11. The largest absolute Gasteiger partial charge is 0.465 e. The number of furan rings is 1. The average Bonchev–Trinajstić information content (AvgIpc) is 2.90. The van der Waals surface area contributed by atoms with Crippen LogP contribution in [0.1, 0.15) is 11.3 Å². The summed E-state index contributed by atoms with van der Waals surface area (Å²) in [6, 6.07) is 6.77. The van der Waals surface area contributed by atoms with Crippen molar-refractivity contribution in [1.29, 1.82) is 0 Å². The zero-order chi connectivity index (χ0) is 15.5. The second-order valence-electron chi connectivity index (χ2n) is 4.03. The van der Waals surface area contributed by atoms with Crippen LogP contribution in [0.15, 0.2) is 51.6 Å². The Hall–Kier alpha value is -2.02. The smallest absolute Gasteiger partial charge is 0.417 e. The Morgan fingerprint density at radius 3 is 2.67 bits per heavy atom. The molecule has 110 valence electrons. The number of nitrogens with one attached hydrogen (secondary N) is 1. The van der Waals surface area contributed by atoms with Crippen molar-refractivity contribution in [2.45, 2.75) is 6.18 Å². The lowest BCUT2D eigenvalue weighted by atomic mass is 10.2. The Morgan fingerprint density at radius 2 is 2.05 bits per heavy atom. The predicted molar refractivity (Wildman–Crippen MR) is 75.5 cm³/mol. The molecule has 0 unspecified atom stereocenters. The van der Waals surface area contributed by atoms with Crippen molar-refractivity contribution in [3.63, 3.8) is 0 Å². The molecule has 0 spiro atoms. The molecule has 0 aliphatic heterocycles. The molecule has 0 saturated carbocycles. The quantitative estimate of drug-likeness (QED) is 0.806. The van der Waals surface area contributed by atoms with Gasteiger partial charge in [0, 0.05) is 16.2 Å². The Labute approximate surface area is 126 Å². The van der Waals surface area contributed by atoms with Crippen LogP contribution in [-0.2, 0) is 11.0 Å². The highest BCUT2D eigenvalue weighted by atomic mass is 79.9. The SMILES string of the molecule is O=C(/C=C/c1ccco1)Nc1ccc(Br)c(C(F)(F)F)c1. The topological polar surface area (TPSA) is 42.2 Å². The van der Waals surface area contributed by atoms with Crippen molar-refractivity contribution in [2.75, 3.05) is 5.32 Å². The minimum absolute atomic E-state index is 0.0552. The van der Waals surface area contributed by atoms with Crippen molar-refractivity contribution in [3.8, 4) is 0 Å². The molecule has 2 aromatic rings. The van der Waals surface area contributed by atoms with Gasteiger partial charge in [-0.3, -0.25) is 4.79 Å². The van der Waals surface area contributed by atoms with Crippen LogP contribution < -0.4 is 5.32 Å². The molecular formula is C14H9BrF3NO2. The maximum atomic E-state index is 12.7. The van der Waals surface area contributed by atoms with Crippen molar-refractivity contribution in [1.82, 2.24) is 0 Å². The number of rotatable bonds is 3. The monoisotopic (exact) mass is 359 g/mol. The summed E-state index contributed by atoms with van der Waals surface area (Å²) in [5.74, 6) is -0.0845. The number of benzene rings is 1. The first kappa shape index (κ1) is 15.4. The maximum absolute atomic E-state index is 12.7. The lowest BCUT2D eigenvalue weighted by Crippen LogP contribution is -2.11. The summed E-state index contributed by atoms with van der Waals surface area (Å²) in [5.41, 5.74) is -0.796. The molecule has 21 heavy (non-hydrogen) atoms. The molecular weight excluding hydrogens is 351 g/mol. The van der Waals surface area contributed by atoms with Gasteiger partial charge in [-0.15, -0.1) is 0 Å². The van der Waals surface area contributed by atoms with Crippen molar-refractivity contribution < 1.29 is 22.4 Å². The third-order valence-electron chi connectivity index (χ3n) is 2.48. The molecule has 2 rings (SSSR count). The Kier molecular flexibility index (Phi) is 4.52. The number of halogens is 4. The minimum atomic E-state index is -4.50. The van der Waals surface area contributed by atoms with E-state index in [-0.39, 0.29) is 10.2 Å². The number of alkyl halides is 3. The van der Waals surface area contributed by atoms with E-state index in [1.165, 1.54) is 30.5 Å². The lowest BCUT2D eigenvalue weighted by molar-refractivity contribution is -0.138. The molecule has 0 atom stereocenters. The van der Waals surface area contributed by atoms with Gasteiger partial charge in [0.15, 0.2) is 0 Å². The molecule has 0 radical (unpaired) electrons. The summed E-state index contributed by atoms with van der Waals surface area (Å²) in [4.78, 5) is 11.6. The van der Waals surface area contributed by atoms with Gasteiger partial charge in [0.1, 0.15) is 5.76 Å². The van der Waals surface area contributed by atoms with E-state index in [0.29, 0.717) is 5.76 Å². The number of carbonyl (C=O) groups excluding carboxylic acids is 1. The van der Waals surface area contributed by atoms with Gasteiger partial charge in [-0.25, -0.2) is 0 Å². The van der Waals surface area contributed by atoms with Gasteiger partial charge in [-0.1, -0.05) is 15.9 Å². The zero-order valence-electron chi connectivity index (χ0n) is 10.4. The molecule has 7 heteroatoms. The van der Waals surface area contributed by atoms with Crippen LogP contribution in [0, 0.1) is 0 Å². The number of hydrogen-bond donors (Lipinski definition) is 1. The molecule has 3 nitrogen and oxygen atoms in total. The van der Waals surface area contributed by atoms with Gasteiger partial charge >= 0.3 is 6.18 Å². The van der Waals surface area contributed by atoms with E-state index >= 15 is 0 Å². The Balaban J connectivity index is 2.11. The maximum Gasteiger partial charge on any atom is 0.417 e. The van der Waals surface area contributed by atoms with E-state index < -0.39 is 17.6 Å². The predicted octanol–water partition coefficient (Wildman–Crippen LogP) is 4.71. The Bertz CT molecular complexity index is 663. The second kappa shape index (κ2) is 6.17. The van der Waals surface area contributed by atoms with Crippen LogP contribution >= 0.6 is 15.9 Å². The molecule has 1 aromatic carbocycles. The van der Waals surface area contributed by atoms with Crippen LogP contribution in [0.5, 0.6) is 0 Å². The number of anilines is 1. The van der Waals surface area contributed by atoms with E-state index in [0.717, 1.165) is 6.07 Å². The van der Waals surface area contributed by atoms with Gasteiger partial charge < -0.3 is 9.73 Å². The minimum Gasteiger partial charge on any atom is -0.465 e. The van der Waals surface area contributed by atoms with Crippen LogP contribution in [0.25, 0.3) is 6.08 Å². The molecule has 0 bridgehead atoms. The first-order valence-electron chi connectivity index (χ1n) is 5.75. The number of amides is 1. The Morgan fingerprint density at radius 1 is 1.29 bits per heavy atom. The standard InChI is InChI=1S/C14H9BrF3NO2/c15-12-5-3-9(8-11(12)14(16,17)18)19-13(20)6-4-10-2-1-7-21-10/h1-8H,(H,19,20)/b6-4+. The molecule has 0 aliphatic carbocycles. The van der Waals surface area contributed by atoms with E-state index in [4.69, 9.17) is 4.42 Å². The summed E-state index contributed by atoms with van der Waals surface area (Å²) < 4.78 is 43.1. The van der Waals surface area contributed by atoms with E-state index in [2.05, 4.69) is 21.2 Å². The second-order valence-corrected chi connectivity index (χ2v) is 4.88. The van der Waals surface area contributed by atoms with Crippen LogP contribution in [0.2, 0.25) is 0 Å². The number of carbonyl (C=O) groups is 1. The molecule has 0 saturated heterocycles. The van der Waals surface area contributed by atoms with E-state index in [9.17, 15) is 18.0 Å². The highest BCUT2D eigenvalue weighted by Gasteiger charge is 2.33. The van der Waals surface area contributed by atoms with Crippen molar-refractivity contribution in [2.24, 2.45) is 0 Å². The van der Waals surface area contributed by atoms with E-state index in [1.807, 2.05) is 0 Å². The fourth-order valence-corrected chi connectivity index (χ4v) is 2.02. The fourth-order valence-electron chi connectivity index (χ4n) is 1.55. The van der Waals surface area contributed by atoms with Gasteiger partial charge in [-0.05, 0) is 36.4 Å². The zero-order valence-corrected chi connectivity index (χ0v) is 12.0. The summed E-state index contributed by atoms with van der Waals surface area (Å²) in [5, 5.41) is 2.36. The summed E-state index contributed by atoms with van der Waals surface area (Å²) in [6.45, 7) is 0. The first-order valence-corrected chi connectivity index (χ1v) is 6.55. The molecule has 1 aromatic heterocycles. The van der Waals surface area contributed by atoms with Crippen molar-refractivity contribution in [3.05, 3.63) is 58.5 Å². The fraction of sp³-hybridized carbons (Fsp3) is 0.0714. The van der Waals surface area contributed by atoms with Crippen LogP contribution in [0.3, 0.4) is 0 Å². The van der Waals surface area contributed by atoms with Crippen LogP contribution in [0.4, 0.5) is 18.9 Å².